The highest BCUT2D eigenvalue weighted by Gasteiger charge is 2.09. The van der Waals surface area contributed by atoms with E-state index in [1.165, 1.54) is 6.26 Å². The van der Waals surface area contributed by atoms with Crippen molar-refractivity contribution in [1.29, 1.82) is 0 Å². The Balaban J connectivity index is 1.50. The van der Waals surface area contributed by atoms with Crippen LogP contribution in [0.4, 0.5) is 0 Å². The molecule has 1 aromatic rings. The van der Waals surface area contributed by atoms with Crippen molar-refractivity contribution >= 4 is 11.9 Å². The average Bonchev–Trinajstić information content (AvgIpc) is 3.11. The maximum absolute atomic E-state index is 11.6. The van der Waals surface area contributed by atoms with Crippen LogP contribution in [0.1, 0.15) is 17.0 Å². The summed E-state index contributed by atoms with van der Waals surface area (Å²) < 4.78 is 10.3. The van der Waals surface area contributed by atoms with Crippen LogP contribution < -0.4 is 16.4 Å². The van der Waals surface area contributed by atoms with Crippen molar-refractivity contribution in [3.8, 4) is 0 Å². The molecule has 1 aliphatic heterocycles. The van der Waals surface area contributed by atoms with Crippen molar-refractivity contribution in [2.75, 3.05) is 52.5 Å². The molecule has 1 fully saturated rings. The van der Waals surface area contributed by atoms with Crippen LogP contribution in [-0.4, -0.2) is 69.2 Å². The molecule has 0 atom stereocenters. The molecule has 8 heteroatoms. The molecule has 128 valence electrons. The third-order valence-electron chi connectivity index (χ3n) is 3.48. The SMILES string of the molecule is NC(=NCCCN1CCOCC1)NCCNC(=O)c1ccco1. The molecule has 0 bridgehead atoms. The monoisotopic (exact) mass is 323 g/mol. The van der Waals surface area contributed by atoms with Crippen molar-refractivity contribution in [1.82, 2.24) is 15.5 Å². The van der Waals surface area contributed by atoms with Gasteiger partial charge >= 0.3 is 0 Å². The first-order valence-electron chi connectivity index (χ1n) is 7.91. The number of furan rings is 1. The van der Waals surface area contributed by atoms with Gasteiger partial charge in [-0.15, -0.1) is 0 Å². The van der Waals surface area contributed by atoms with Gasteiger partial charge in [0.2, 0.25) is 0 Å². The van der Waals surface area contributed by atoms with Crippen LogP contribution in [0.15, 0.2) is 27.8 Å². The van der Waals surface area contributed by atoms with E-state index in [-0.39, 0.29) is 5.91 Å². The van der Waals surface area contributed by atoms with Gasteiger partial charge in [-0.3, -0.25) is 14.7 Å². The summed E-state index contributed by atoms with van der Waals surface area (Å²) in [5.74, 6) is 0.465. The zero-order valence-electron chi connectivity index (χ0n) is 13.3. The van der Waals surface area contributed by atoms with Crippen LogP contribution in [0, 0.1) is 0 Å². The van der Waals surface area contributed by atoms with Gasteiger partial charge < -0.3 is 25.5 Å². The van der Waals surface area contributed by atoms with E-state index in [4.69, 9.17) is 14.9 Å². The number of aliphatic imine (C=N–C) groups is 1. The average molecular weight is 323 g/mol. The molecule has 1 aliphatic rings. The standard InChI is InChI=1S/C15H25N5O3/c16-15(18-4-2-7-20-8-11-22-12-9-20)19-6-5-17-14(21)13-3-1-10-23-13/h1,3,10H,2,4-9,11-12H2,(H,17,21)(H3,16,18,19). The van der Waals surface area contributed by atoms with Crippen LogP contribution >= 0.6 is 0 Å². The van der Waals surface area contributed by atoms with Gasteiger partial charge in [-0.2, -0.15) is 0 Å². The number of nitrogens with two attached hydrogens (primary N) is 1. The van der Waals surface area contributed by atoms with Crippen molar-refractivity contribution in [3.63, 3.8) is 0 Å². The first-order valence-corrected chi connectivity index (χ1v) is 7.91. The van der Waals surface area contributed by atoms with Crippen LogP contribution in [0.5, 0.6) is 0 Å². The van der Waals surface area contributed by atoms with Crippen molar-refractivity contribution < 1.29 is 13.9 Å². The lowest BCUT2D eigenvalue weighted by Gasteiger charge is -2.26. The summed E-state index contributed by atoms with van der Waals surface area (Å²) >= 11 is 0. The van der Waals surface area contributed by atoms with Crippen LogP contribution in [0.25, 0.3) is 0 Å². The molecule has 1 saturated heterocycles. The highest BCUT2D eigenvalue weighted by atomic mass is 16.5. The van der Waals surface area contributed by atoms with Gasteiger partial charge in [-0.1, -0.05) is 0 Å². The van der Waals surface area contributed by atoms with E-state index in [1.807, 2.05) is 0 Å². The molecule has 0 radical (unpaired) electrons. The molecular weight excluding hydrogens is 298 g/mol. The van der Waals surface area contributed by atoms with E-state index in [1.54, 1.807) is 12.1 Å². The third-order valence-corrected chi connectivity index (χ3v) is 3.48. The van der Waals surface area contributed by atoms with E-state index in [9.17, 15) is 4.79 Å². The Morgan fingerprint density at radius 2 is 2.09 bits per heavy atom. The third kappa shape index (κ3) is 6.70. The van der Waals surface area contributed by atoms with E-state index in [0.717, 1.165) is 39.3 Å². The van der Waals surface area contributed by atoms with E-state index in [2.05, 4.69) is 20.5 Å². The maximum atomic E-state index is 11.6. The zero-order valence-corrected chi connectivity index (χ0v) is 13.3. The highest BCUT2D eigenvalue weighted by molar-refractivity contribution is 5.91. The summed E-state index contributed by atoms with van der Waals surface area (Å²) in [6, 6.07) is 3.29. The molecule has 8 nitrogen and oxygen atoms in total. The predicted octanol–water partition coefficient (Wildman–Crippen LogP) is -0.364. The zero-order chi connectivity index (χ0) is 16.3. The minimum atomic E-state index is -0.238. The number of nitrogens with zero attached hydrogens (tertiary/aromatic N) is 2. The fourth-order valence-corrected chi connectivity index (χ4v) is 2.24. The van der Waals surface area contributed by atoms with Gasteiger partial charge in [0.15, 0.2) is 11.7 Å². The van der Waals surface area contributed by atoms with Crippen molar-refractivity contribution in [2.45, 2.75) is 6.42 Å². The van der Waals surface area contributed by atoms with Crippen molar-refractivity contribution in [2.24, 2.45) is 10.7 Å². The van der Waals surface area contributed by atoms with Gasteiger partial charge in [0.25, 0.3) is 5.91 Å². The van der Waals surface area contributed by atoms with E-state index in [0.29, 0.717) is 31.4 Å². The number of hydrogen-bond acceptors (Lipinski definition) is 5. The molecule has 2 heterocycles. The van der Waals surface area contributed by atoms with Crippen LogP contribution in [0.2, 0.25) is 0 Å². The van der Waals surface area contributed by atoms with Crippen LogP contribution in [-0.2, 0) is 4.74 Å². The molecule has 0 saturated carbocycles. The number of carbonyl (C=O) groups excluding carboxylic acids is 1. The lowest BCUT2D eigenvalue weighted by atomic mass is 10.3. The minimum Gasteiger partial charge on any atom is -0.459 e. The molecule has 0 unspecified atom stereocenters. The molecule has 1 aromatic heterocycles. The molecule has 1 amide bonds. The Labute approximate surface area is 136 Å². The fraction of sp³-hybridized carbons (Fsp3) is 0.600. The van der Waals surface area contributed by atoms with Crippen LogP contribution in [0.3, 0.4) is 0 Å². The molecule has 23 heavy (non-hydrogen) atoms. The summed E-state index contributed by atoms with van der Waals surface area (Å²) in [5.41, 5.74) is 5.78. The number of amides is 1. The molecule has 0 aliphatic carbocycles. The summed E-state index contributed by atoms with van der Waals surface area (Å²) in [6.07, 6.45) is 2.44. The molecule has 0 aromatic carbocycles. The normalized spacial score (nSPS) is 16.3. The Bertz CT molecular complexity index is 483. The van der Waals surface area contributed by atoms with E-state index >= 15 is 0 Å². The lowest BCUT2D eigenvalue weighted by Crippen LogP contribution is -2.39. The predicted molar refractivity (Wildman–Crippen MR) is 87.4 cm³/mol. The molecule has 0 spiro atoms. The maximum Gasteiger partial charge on any atom is 0.287 e. The van der Waals surface area contributed by atoms with Gasteiger partial charge in [0.1, 0.15) is 0 Å². The molecule has 2 rings (SSSR count). The number of hydrogen-bond donors (Lipinski definition) is 3. The quantitative estimate of drug-likeness (QED) is 0.343. The second kappa shape index (κ2) is 9.86. The first kappa shape index (κ1) is 17.3. The number of guanidine groups is 1. The second-order valence-corrected chi connectivity index (χ2v) is 5.23. The summed E-state index contributed by atoms with van der Waals surface area (Å²) in [4.78, 5) is 18.2. The first-order chi connectivity index (χ1) is 11.3. The number of morpholine rings is 1. The van der Waals surface area contributed by atoms with Crippen molar-refractivity contribution in [3.05, 3.63) is 24.2 Å². The number of ether oxygens (including phenoxy) is 1. The second-order valence-electron chi connectivity index (χ2n) is 5.23. The van der Waals surface area contributed by atoms with Gasteiger partial charge in [0, 0.05) is 39.3 Å². The minimum absolute atomic E-state index is 0.238. The number of carbonyl (C=O) groups is 1. The fourth-order valence-electron chi connectivity index (χ4n) is 2.24. The summed E-state index contributed by atoms with van der Waals surface area (Å²) in [6.45, 7) is 6.29. The smallest absolute Gasteiger partial charge is 0.287 e. The Hall–Kier alpha value is -2.06. The Morgan fingerprint density at radius 3 is 2.83 bits per heavy atom. The Morgan fingerprint density at radius 1 is 1.30 bits per heavy atom. The summed E-state index contributed by atoms with van der Waals surface area (Å²) in [7, 11) is 0. The van der Waals surface area contributed by atoms with Gasteiger partial charge in [-0.05, 0) is 18.6 Å². The van der Waals surface area contributed by atoms with Gasteiger partial charge in [0.05, 0.1) is 19.5 Å². The number of nitrogens with one attached hydrogen (secondary N) is 2. The largest absolute Gasteiger partial charge is 0.459 e. The van der Waals surface area contributed by atoms with Gasteiger partial charge in [-0.25, -0.2) is 0 Å². The lowest BCUT2D eigenvalue weighted by molar-refractivity contribution is 0.0377. The van der Waals surface area contributed by atoms with E-state index < -0.39 is 0 Å². The number of rotatable bonds is 8. The Kier molecular flexibility index (Phi) is 7.41. The summed E-state index contributed by atoms with van der Waals surface area (Å²) in [5, 5.41) is 5.70. The highest BCUT2D eigenvalue weighted by Crippen LogP contribution is 1.99. The molecule has 4 N–H and O–H groups in total. The molecular formula is C15H25N5O3. The topological polar surface area (TPSA) is 105 Å².